The number of rotatable bonds is 5. The molecule has 0 spiro atoms. The molecular formula is C21H19N3OS. The first-order valence-electron chi connectivity index (χ1n) is 8.68. The molecule has 1 fully saturated rings. The van der Waals surface area contributed by atoms with Crippen LogP contribution < -0.4 is 5.32 Å². The first-order valence-corrected chi connectivity index (χ1v) is 9.50. The topological polar surface area (TPSA) is 54.9 Å². The number of nitrogens with one attached hydrogen (secondary N) is 1. The van der Waals surface area contributed by atoms with Crippen LogP contribution in [0.5, 0.6) is 0 Å². The highest BCUT2D eigenvalue weighted by molar-refractivity contribution is 7.99. The van der Waals surface area contributed by atoms with E-state index < -0.39 is 5.41 Å². The number of hydrogen-bond donors (Lipinski definition) is 1. The van der Waals surface area contributed by atoms with Gasteiger partial charge in [-0.3, -0.25) is 4.79 Å². The lowest BCUT2D eigenvalue weighted by Crippen LogP contribution is -2.45. The Labute approximate surface area is 157 Å². The number of hydrogen-bond acceptors (Lipinski definition) is 4. The predicted molar refractivity (Wildman–Crippen MR) is 103 cm³/mol. The van der Waals surface area contributed by atoms with Gasteiger partial charge in [-0.2, -0.15) is 0 Å². The lowest BCUT2D eigenvalue weighted by molar-refractivity contribution is -0.124. The Morgan fingerprint density at radius 1 is 0.923 bits per heavy atom. The summed E-state index contributed by atoms with van der Waals surface area (Å²) in [6, 6.07) is 19.6. The zero-order chi connectivity index (χ0) is 17.8. The Hall–Kier alpha value is -2.66. The number of anilines is 1. The number of amides is 1. The van der Waals surface area contributed by atoms with E-state index in [1.165, 1.54) is 11.8 Å². The Morgan fingerprint density at radius 2 is 1.69 bits per heavy atom. The molecule has 130 valence electrons. The van der Waals surface area contributed by atoms with Gasteiger partial charge in [0.1, 0.15) is 10.1 Å². The summed E-state index contributed by atoms with van der Waals surface area (Å²) in [5.41, 5.74) is 1.46. The van der Waals surface area contributed by atoms with E-state index in [9.17, 15) is 4.79 Å². The van der Waals surface area contributed by atoms with Crippen LogP contribution in [0, 0.1) is 0 Å². The maximum atomic E-state index is 13.0. The standard InChI is InChI=1S/C21H19N3OS/c25-20(21(11-6-12-21)16-7-2-1-3-8-16)24-17-10-14-23-19(15-17)26-18-9-4-5-13-22-18/h1-5,7-10,13-15H,6,11-12H2,(H,23,24,25). The van der Waals surface area contributed by atoms with E-state index in [0.717, 1.165) is 40.6 Å². The highest BCUT2D eigenvalue weighted by atomic mass is 32.2. The van der Waals surface area contributed by atoms with E-state index in [1.54, 1.807) is 12.4 Å². The minimum Gasteiger partial charge on any atom is -0.325 e. The molecule has 4 rings (SSSR count). The molecule has 5 heteroatoms. The Bertz CT molecular complexity index is 895. The number of pyridine rings is 2. The van der Waals surface area contributed by atoms with Gasteiger partial charge < -0.3 is 5.32 Å². The van der Waals surface area contributed by atoms with E-state index in [-0.39, 0.29) is 5.91 Å². The molecular weight excluding hydrogens is 342 g/mol. The lowest BCUT2D eigenvalue weighted by Gasteiger charge is -2.40. The summed E-state index contributed by atoms with van der Waals surface area (Å²) in [5.74, 6) is 0.0648. The Morgan fingerprint density at radius 3 is 2.38 bits per heavy atom. The van der Waals surface area contributed by atoms with Gasteiger partial charge in [0.2, 0.25) is 5.91 Å². The van der Waals surface area contributed by atoms with Gasteiger partial charge in [-0.1, -0.05) is 54.6 Å². The summed E-state index contributed by atoms with van der Waals surface area (Å²) >= 11 is 1.48. The van der Waals surface area contributed by atoms with Gasteiger partial charge >= 0.3 is 0 Å². The maximum absolute atomic E-state index is 13.0. The van der Waals surface area contributed by atoms with Crippen molar-refractivity contribution in [1.82, 2.24) is 9.97 Å². The Balaban J connectivity index is 1.52. The highest BCUT2D eigenvalue weighted by Crippen LogP contribution is 2.44. The van der Waals surface area contributed by atoms with Crippen molar-refractivity contribution in [3.63, 3.8) is 0 Å². The minimum absolute atomic E-state index is 0.0648. The zero-order valence-electron chi connectivity index (χ0n) is 14.3. The van der Waals surface area contributed by atoms with Crippen molar-refractivity contribution < 1.29 is 4.79 Å². The smallest absolute Gasteiger partial charge is 0.235 e. The fraction of sp³-hybridized carbons (Fsp3) is 0.190. The second-order valence-corrected chi connectivity index (χ2v) is 7.45. The van der Waals surface area contributed by atoms with Crippen molar-refractivity contribution >= 4 is 23.4 Å². The van der Waals surface area contributed by atoms with Crippen LogP contribution in [0.15, 0.2) is 83.1 Å². The van der Waals surface area contributed by atoms with Crippen LogP contribution in [0.2, 0.25) is 0 Å². The number of carbonyl (C=O) groups is 1. The van der Waals surface area contributed by atoms with E-state index in [2.05, 4.69) is 15.3 Å². The average molecular weight is 361 g/mol. The second kappa shape index (κ2) is 7.30. The largest absolute Gasteiger partial charge is 0.325 e. The summed E-state index contributed by atoms with van der Waals surface area (Å²) in [6.07, 6.45) is 6.34. The van der Waals surface area contributed by atoms with Gasteiger partial charge in [0.05, 0.1) is 5.41 Å². The summed E-state index contributed by atoms with van der Waals surface area (Å²) in [7, 11) is 0. The molecule has 1 aliphatic carbocycles. The number of carbonyl (C=O) groups excluding carboxylic acids is 1. The van der Waals surface area contributed by atoms with Gasteiger partial charge in [0.25, 0.3) is 0 Å². The van der Waals surface area contributed by atoms with Gasteiger partial charge in [0.15, 0.2) is 0 Å². The van der Waals surface area contributed by atoms with Crippen LogP contribution in [-0.2, 0) is 10.2 Å². The first-order chi connectivity index (χ1) is 12.8. The van der Waals surface area contributed by atoms with E-state index in [4.69, 9.17) is 0 Å². The van der Waals surface area contributed by atoms with E-state index >= 15 is 0 Å². The number of benzene rings is 1. The molecule has 2 heterocycles. The zero-order valence-corrected chi connectivity index (χ0v) is 15.1. The fourth-order valence-corrected chi connectivity index (χ4v) is 4.02. The molecule has 0 atom stereocenters. The normalized spacial score (nSPS) is 15.1. The van der Waals surface area contributed by atoms with Crippen LogP contribution in [0.4, 0.5) is 5.69 Å². The number of aromatic nitrogens is 2. The SMILES string of the molecule is O=C(Nc1ccnc(Sc2ccccn2)c1)C1(c2ccccc2)CCC1. The predicted octanol–water partition coefficient (Wildman–Crippen LogP) is 4.69. The van der Waals surface area contributed by atoms with Crippen LogP contribution in [-0.4, -0.2) is 15.9 Å². The van der Waals surface area contributed by atoms with Crippen molar-refractivity contribution in [2.75, 3.05) is 5.32 Å². The van der Waals surface area contributed by atoms with Gasteiger partial charge in [-0.25, -0.2) is 9.97 Å². The molecule has 26 heavy (non-hydrogen) atoms. The van der Waals surface area contributed by atoms with Crippen molar-refractivity contribution in [3.05, 3.63) is 78.6 Å². The van der Waals surface area contributed by atoms with Crippen molar-refractivity contribution in [3.8, 4) is 0 Å². The van der Waals surface area contributed by atoms with Crippen molar-refractivity contribution in [1.29, 1.82) is 0 Å². The molecule has 1 aromatic carbocycles. The van der Waals surface area contributed by atoms with Crippen molar-refractivity contribution in [2.45, 2.75) is 34.7 Å². The average Bonchev–Trinajstić information content (AvgIpc) is 2.63. The summed E-state index contributed by atoms with van der Waals surface area (Å²) in [6.45, 7) is 0. The van der Waals surface area contributed by atoms with E-state index in [1.807, 2.05) is 60.7 Å². The van der Waals surface area contributed by atoms with Crippen molar-refractivity contribution in [2.24, 2.45) is 0 Å². The molecule has 1 aliphatic rings. The molecule has 1 N–H and O–H groups in total. The molecule has 4 nitrogen and oxygen atoms in total. The molecule has 3 aromatic rings. The Kier molecular flexibility index (Phi) is 4.71. The fourth-order valence-electron chi connectivity index (χ4n) is 3.24. The quantitative estimate of drug-likeness (QED) is 0.716. The third-order valence-corrected chi connectivity index (χ3v) is 5.69. The summed E-state index contributed by atoms with van der Waals surface area (Å²) in [4.78, 5) is 21.7. The molecule has 0 unspecified atom stereocenters. The number of nitrogens with zero attached hydrogens (tertiary/aromatic N) is 2. The monoisotopic (exact) mass is 361 g/mol. The van der Waals surface area contributed by atoms with Crippen LogP contribution in [0.1, 0.15) is 24.8 Å². The third kappa shape index (κ3) is 3.35. The van der Waals surface area contributed by atoms with Crippen LogP contribution in [0.25, 0.3) is 0 Å². The second-order valence-electron chi connectivity index (χ2n) is 6.41. The minimum atomic E-state index is -0.404. The lowest BCUT2D eigenvalue weighted by atomic mass is 9.64. The third-order valence-electron chi connectivity index (χ3n) is 4.81. The van der Waals surface area contributed by atoms with E-state index in [0.29, 0.717) is 0 Å². The molecule has 0 saturated heterocycles. The molecule has 0 bridgehead atoms. The van der Waals surface area contributed by atoms with Crippen LogP contribution in [0.3, 0.4) is 0 Å². The van der Waals surface area contributed by atoms with Gasteiger partial charge in [-0.15, -0.1) is 0 Å². The highest BCUT2D eigenvalue weighted by Gasteiger charge is 2.45. The molecule has 0 aliphatic heterocycles. The van der Waals surface area contributed by atoms with Gasteiger partial charge in [-0.05, 0) is 42.7 Å². The molecule has 2 aromatic heterocycles. The summed E-state index contributed by atoms with van der Waals surface area (Å²) < 4.78 is 0. The van der Waals surface area contributed by atoms with Gasteiger partial charge in [0, 0.05) is 18.1 Å². The first kappa shape index (κ1) is 16.8. The molecule has 1 amide bonds. The van der Waals surface area contributed by atoms with Crippen LogP contribution >= 0.6 is 11.8 Å². The molecule has 0 radical (unpaired) electrons. The molecule has 1 saturated carbocycles. The maximum Gasteiger partial charge on any atom is 0.235 e. The summed E-state index contributed by atoms with van der Waals surface area (Å²) in [5, 5.41) is 4.78.